The summed E-state index contributed by atoms with van der Waals surface area (Å²) in [7, 11) is 3.63. The first-order valence-electron chi connectivity index (χ1n) is 9.91. The molecule has 1 aromatic heterocycles. The minimum absolute atomic E-state index is 0.0414. The molecule has 2 fully saturated rings. The Morgan fingerprint density at radius 3 is 3.07 bits per heavy atom. The van der Waals surface area contributed by atoms with E-state index < -0.39 is 0 Å². The van der Waals surface area contributed by atoms with Gasteiger partial charge in [0.15, 0.2) is 0 Å². The van der Waals surface area contributed by atoms with E-state index in [0.717, 1.165) is 43.1 Å². The van der Waals surface area contributed by atoms with Crippen molar-refractivity contribution in [3.63, 3.8) is 0 Å². The Morgan fingerprint density at radius 2 is 2.25 bits per heavy atom. The number of carbonyl (C=O) groups excluding carboxylic acids is 1. The average Bonchev–Trinajstić information content (AvgIpc) is 3.21. The number of aryl methyl sites for hydroxylation is 1. The Labute approximate surface area is 165 Å². The number of methoxy groups -OCH3 is 1. The molecule has 0 bridgehead atoms. The van der Waals surface area contributed by atoms with Gasteiger partial charge in [-0.25, -0.2) is 4.98 Å². The summed E-state index contributed by atoms with van der Waals surface area (Å²) >= 11 is 0. The number of imidazole rings is 1. The van der Waals surface area contributed by atoms with E-state index in [9.17, 15) is 4.79 Å². The number of amides is 1. The summed E-state index contributed by atoms with van der Waals surface area (Å²) in [6.45, 7) is 5.98. The van der Waals surface area contributed by atoms with Gasteiger partial charge in [0.1, 0.15) is 0 Å². The molecule has 4 rings (SSSR count). The van der Waals surface area contributed by atoms with Crippen LogP contribution >= 0.6 is 0 Å². The van der Waals surface area contributed by atoms with E-state index in [1.165, 1.54) is 0 Å². The summed E-state index contributed by atoms with van der Waals surface area (Å²) in [5.74, 6) is 0.728. The molecule has 2 aliphatic heterocycles. The monoisotopic (exact) mass is 387 g/mol. The van der Waals surface area contributed by atoms with Gasteiger partial charge in [-0.3, -0.25) is 9.69 Å². The van der Waals surface area contributed by atoms with Gasteiger partial charge in [0, 0.05) is 51.4 Å². The van der Waals surface area contributed by atoms with Gasteiger partial charge < -0.3 is 24.7 Å². The molecule has 2 aromatic rings. The van der Waals surface area contributed by atoms with E-state index >= 15 is 0 Å². The molecule has 0 radical (unpaired) electrons. The molecule has 2 saturated heterocycles. The van der Waals surface area contributed by atoms with Crippen LogP contribution in [0.1, 0.15) is 23.7 Å². The molecule has 28 heavy (non-hydrogen) atoms. The lowest BCUT2D eigenvalue weighted by Crippen LogP contribution is -2.45. The average molecular weight is 387 g/mol. The standard InChI is InChI=1S/C20H29N5O3/c1-13-10-25-11-15(9-16(25)12-28-13)22-19(26)14-4-5-18-17(8-14)23-20(24(18)2)21-6-7-27-3/h4-5,8,13,15-16H,6-7,9-12H2,1-3H3,(H,21,23)(H,22,26)/t13-,15-,16-/m0/s1. The van der Waals surface area contributed by atoms with E-state index in [0.29, 0.717) is 24.8 Å². The molecule has 1 aromatic carbocycles. The molecule has 2 aliphatic rings. The lowest BCUT2D eigenvalue weighted by Gasteiger charge is -2.33. The highest BCUT2D eigenvalue weighted by Gasteiger charge is 2.36. The predicted octanol–water partition coefficient (Wildman–Crippen LogP) is 1.22. The number of morpholine rings is 1. The molecule has 3 heterocycles. The molecular weight excluding hydrogens is 358 g/mol. The van der Waals surface area contributed by atoms with E-state index in [-0.39, 0.29) is 18.1 Å². The first kappa shape index (κ1) is 19.2. The number of hydrogen-bond donors (Lipinski definition) is 2. The number of rotatable bonds is 6. The van der Waals surface area contributed by atoms with Crippen molar-refractivity contribution in [3.05, 3.63) is 23.8 Å². The maximum Gasteiger partial charge on any atom is 0.251 e. The van der Waals surface area contributed by atoms with Crippen LogP contribution in [0.5, 0.6) is 0 Å². The number of hydrogen-bond acceptors (Lipinski definition) is 6. The molecule has 0 spiro atoms. The van der Waals surface area contributed by atoms with Gasteiger partial charge in [-0.05, 0) is 31.5 Å². The largest absolute Gasteiger partial charge is 0.383 e. The number of benzene rings is 1. The Hall–Kier alpha value is -2.16. The van der Waals surface area contributed by atoms with Crippen molar-refractivity contribution in [2.45, 2.75) is 31.5 Å². The second-order valence-corrected chi connectivity index (χ2v) is 7.78. The van der Waals surface area contributed by atoms with E-state index in [1.54, 1.807) is 7.11 Å². The van der Waals surface area contributed by atoms with Crippen LogP contribution in [-0.2, 0) is 16.5 Å². The second kappa shape index (κ2) is 8.06. The number of nitrogens with one attached hydrogen (secondary N) is 2. The zero-order valence-electron chi connectivity index (χ0n) is 16.8. The number of fused-ring (bicyclic) bond motifs is 2. The van der Waals surface area contributed by atoms with Gasteiger partial charge in [0.05, 0.1) is 30.4 Å². The molecule has 8 nitrogen and oxygen atoms in total. The van der Waals surface area contributed by atoms with E-state index in [4.69, 9.17) is 9.47 Å². The van der Waals surface area contributed by atoms with Crippen molar-refractivity contribution < 1.29 is 14.3 Å². The van der Waals surface area contributed by atoms with Crippen LogP contribution in [0, 0.1) is 0 Å². The number of aromatic nitrogens is 2. The number of nitrogens with zero attached hydrogens (tertiary/aromatic N) is 3. The molecule has 0 aliphatic carbocycles. The van der Waals surface area contributed by atoms with Crippen molar-refractivity contribution in [1.82, 2.24) is 19.8 Å². The fourth-order valence-electron chi connectivity index (χ4n) is 4.18. The van der Waals surface area contributed by atoms with E-state index in [2.05, 4.69) is 27.4 Å². The van der Waals surface area contributed by atoms with Gasteiger partial charge in [-0.1, -0.05) is 0 Å². The van der Waals surface area contributed by atoms with Gasteiger partial charge in [-0.15, -0.1) is 0 Å². The summed E-state index contributed by atoms with van der Waals surface area (Å²) in [6, 6.07) is 6.26. The first-order valence-corrected chi connectivity index (χ1v) is 9.91. The van der Waals surface area contributed by atoms with Crippen molar-refractivity contribution in [3.8, 4) is 0 Å². The van der Waals surface area contributed by atoms with Crippen LogP contribution in [0.4, 0.5) is 5.95 Å². The van der Waals surface area contributed by atoms with Crippen LogP contribution in [0.2, 0.25) is 0 Å². The highest BCUT2D eigenvalue weighted by Crippen LogP contribution is 2.24. The maximum absolute atomic E-state index is 12.8. The van der Waals surface area contributed by atoms with Crippen LogP contribution in [0.3, 0.4) is 0 Å². The molecule has 0 unspecified atom stereocenters. The second-order valence-electron chi connectivity index (χ2n) is 7.78. The number of anilines is 1. The minimum Gasteiger partial charge on any atom is -0.383 e. The molecule has 0 saturated carbocycles. The van der Waals surface area contributed by atoms with Gasteiger partial charge in [0.25, 0.3) is 5.91 Å². The topological polar surface area (TPSA) is 80.7 Å². The summed E-state index contributed by atoms with van der Waals surface area (Å²) in [5, 5.41) is 6.44. The fraction of sp³-hybridized carbons (Fsp3) is 0.600. The highest BCUT2D eigenvalue weighted by atomic mass is 16.5. The highest BCUT2D eigenvalue weighted by molar-refractivity contribution is 5.97. The molecular formula is C20H29N5O3. The number of ether oxygens (including phenoxy) is 2. The van der Waals surface area contributed by atoms with Crippen molar-refractivity contribution in [2.75, 3.05) is 45.3 Å². The minimum atomic E-state index is -0.0414. The molecule has 3 atom stereocenters. The first-order chi connectivity index (χ1) is 13.5. The zero-order chi connectivity index (χ0) is 19.7. The third kappa shape index (κ3) is 3.85. The van der Waals surface area contributed by atoms with Crippen LogP contribution in [0.25, 0.3) is 11.0 Å². The number of carbonyl (C=O) groups is 1. The Bertz CT molecular complexity index is 852. The third-order valence-electron chi connectivity index (χ3n) is 5.66. The Kier molecular flexibility index (Phi) is 5.52. The lowest BCUT2D eigenvalue weighted by atomic mass is 10.1. The van der Waals surface area contributed by atoms with Crippen LogP contribution < -0.4 is 10.6 Å². The van der Waals surface area contributed by atoms with Crippen molar-refractivity contribution in [1.29, 1.82) is 0 Å². The summed E-state index contributed by atoms with van der Waals surface area (Å²) in [4.78, 5) is 19.8. The zero-order valence-corrected chi connectivity index (χ0v) is 16.8. The van der Waals surface area contributed by atoms with Gasteiger partial charge in [0.2, 0.25) is 5.95 Å². The quantitative estimate of drug-likeness (QED) is 0.726. The molecule has 8 heteroatoms. The summed E-state index contributed by atoms with van der Waals surface area (Å²) in [6.07, 6.45) is 1.21. The van der Waals surface area contributed by atoms with Crippen molar-refractivity contribution in [2.24, 2.45) is 7.05 Å². The smallest absolute Gasteiger partial charge is 0.251 e. The fourth-order valence-corrected chi connectivity index (χ4v) is 4.18. The van der Waals surface area contributed by atoms with Crippen LogP contribution in [-0.4, -0.2) is 78.5 Å². The summed E-state index contributed by atoms with van der Waals surface area (Å²) in [5.41, 5.74) is 2.44. The summed E-state index contributed by atoms with van der Waals surface area (Å²) < 4.78 is 12.8. The Balaban J connectivity index is 1.43. The molecule has 2 N–H and O–H groups in total. The molecule has 1 amide bonds. The third-order valence-corrected chi connectivity index (χ3v) is 5.66. The predicted molar refractivity (Wildman–Crippen MR) is 108 cm³/mol. The van der Waals surface area contributed by atoms with Gasteiger partial charge >= 0.3 is 0 Å². The maximum atomic E-state index is 12.8. The van der Waals surface area contributed by atoms with Crippen molar-refractivity contribution >= 4 is 22.9 Å². The molecule has 152 valence electrons. The van der Waals surface area contributed by atoms with Crippen LogP contribution in [0.15, 0.2) is 18.2 Å². The lowest BCUT2D eigenvalue weighted by molar-refractivity contribution is -0.0390. The van der Waals surface area contributed by atoms with E-state index in [1.807, 2.05) is 29.8 Å². The SMILES string of the molecule is COCCNc1nc2cc(C(=O)N[C@H]3C[C@H]4CO[C@@H](C)CN4C3)ccc2n1C. The normalized spacial score (nSPS) is 25.0. The van der Waals surface area contributed by atoms with Gasteiger partial charge in [-0.2, -0.15) is 0 Å². The Morgan fingerprint density at radius 1 is 1.39 bits per heavy atom.